The molecule has 198 valence electrons. The second-order valence-corrected chi connectivity index (χ2v) is 12.9. The smallest absolute Gasteiger partial charge is 0.255 e. The second-order valence-electron chi connectivity index (χ2n) is 9.55. The van der Waals surface area contributed by atoms with Crippen molar-refractivity contribution < 1.29 is 13.2 Å². The van der Waals surface area contributed by atoms with Gasteiger partial charge < -0.3 is 15.5 Å². The summed E-state index contributed by atoms with van der Waals surface area (Å²) in [6.07, 6.45) is 10.8. The average Bonchev–Trinajstić information content (AvgIpc) is 3.36. The number of rotatable bonds is 8. The first kappa shape index (κ1) is 27.4. The molecule has 2 heterocycles. The number of anilines is 1. The Morgan fingerprint density at radius 1 is 1.27 bits per heavy atom. The molecule has 1 fully saturated rings. The summed E-state index contributed by atoms with van der Waals surface area (Å²) in [6.45, 7) is 4.65. The van der Waals surface area contributed by atoms with Crippen molar-refractivity contribution >= 4 is 43.8 Å². The predicted molar refractivity (Wildman–Crippen MR) is 151 cm³/mol. The minimum absolute atomic E-state index is 0.224. The van der Waals surface area contributed by atoms with Gasteiger partial charge in [0.1, 0.15) is 0 Å². The van der Waals surface area contributed by atoms with E-state index in [0.29, 0.717) is 28.6 Å². The molecular weight excluding hydrogens is 528 g/mol. The molecule has 1 aromatic heterocycles. The third kappa shape index (κ3) is 7.46. The van der Waals surface area contributed by atoms with E-state index in [9.17, 15) is 13.2 Å². The molecule has 2 aromatic rings. The first-order valence-electron chi connectivity index (χ1n) is 12.5. The van der Waals surface area contributed by atoms with Crippen LogP contribution in [0, 0.1) is 5.92 Å². The standard InChI is InChI=1S/C27H33ClN4O3S2/c1-19-5-3-8-23(37(2,34)35)18-24(31-26(33)21-6-4-7-22(28)17-21)25(19)32-14-10-20(11-15-32)9-12-29-27-30-13-16-36-27/h4,6-8,13,16-18,20H,3,5,9-12,14-15H2,1-2H3,(H,29,30)(H,31,33). The molecule has 1 saturated heterocycles. The molecule has 0 spiro atoms. The lowest BCUT2D eigenvalue weighted by Gasteiger charge is -2.37. The Hall–Kier alpha value is -2.62. The van der Waals surface area contributed by atoms with Crippen molar-refractivity contribution in [1.29, 1.82) is 0 Å². The Bertz CT molecular complexity index is 1310. The number of amides is 1. The van der Waals surface area contributed by atoms with Crippen LogP contribution in [-0.4, -0.2) is 50.1 Å². The van der Waals surface area contributed by atoms with Gasteiger partial charge in [-0.2, -0.15) is 0 Å². The number of sulfone groups is 1. The normalized spacial score (nSPS) is 17.5. The van der Waals surface area contributed by atoms with Crippen LogP contribution in [0.2, 0.25) is 5.02 Å². The SMILES string of the molecule is CC1=C(N2CCC(CCNc3nccs3)CC2)C(NC(=O)c2cccc(Cl)c2)=CC(S(C)(=O)=O)=CCC1. The summed E-state index contributed by atoms with van der Waals surface area (Å²) in [4.78, 5) is 20.0. The third-order valence-corrected chi connectivity index (χ3v) is 8.87. The molecule has 0 bridgehead atoms. The van der Waals surface area contributed by atoms with E-state index in [1.54, 1.807) is 54.0 Å². The lowest BCUT2D eigenvalue weighted by Crippen LogP contribution is -2.38. The maximum Gasteiger partial charge on any atom is 0.255 e. The summed E-state index contributed by atoms with van der Waals surface area (Å²) in [5.74, 6) is 0.272. The Morgan fingerprint density at radius 3 is 2.73 bits per heavy atom. The Kier molecular flexibility index (Phi) is 9.10. The number of hydrogen-bond donors (Lipinski definition) is 2. The molecule has 10 heteroatoms. The Labute approximate surface area is 228 Å². The van der Waals surface area contributed by atoms with E-state index in [0.717, 1.165) is 61.7 Å². The van der Waals surface area contributed by atoms with Crippen LogP contribution in [0.4, 0.5) is 5.13 Å². The highest BCUT2D eigenvalue weighted by molar-refractivity contribution is 7.94. The van der Waals surface area contributed by atoms with Crippen molar-refractivity contribution in [2.45, 2.75) is 39.0 Å². The van der Waals surface area contributed by atoms with E-state index < -0.39 is 9.84 Å². The highest BCUT2D eigenvalue weighted by atomic mass is 35.5. The zero-order valence-electron chi connectivity index (χ0n) is 21.2. The molecule has 1 aliphatic carbocycles. The van der Waals surface area contributed by atoms with Crippen molar-refractivity contribution in [3.8, 4) is 0 Å². The summed E-state index contributed by atoms with van der Waals surface area (Å²) in [6, 6.07) is 6.74. The first-order chi connectivity index (χ1) is 17.7. The van der Waals surface area contributed by atoms with Gasteiger partial charge in [-0.15, -0.1) is 11.3 Å². The van der Waals surface area contributed by atoms with Crippen molar-refractivity contribution in [1.82, 2.24) is 15.2 Å². The molecule has 1 aromatic carbocycles. The van der Waals surface area contributed by atoms with Crippen LogP contribution < -0.4 is 10.6 Å². The van der Waals surface area contributed by atoms with Crippen molar-refractivity contribution in [2.24, 2.45) is 5.92 Å². The third-order valence-electron chi connectivity index (χ3n) is 6.77. The van der Waals surface area contributed by atoms with E-state index >= 15 is 0 Å². The van der Waals surface area contributed by atoms with Crippen LogP contribution in [0.5, 0.6) is 0 Å². The number of carbonyl (C=O) groups excluding carboxylic acids is 1. The van der Waals surface area contributed by atoms with E-state index in [4.69, 9.17) is 11.6 Å². The number of nitrogens with zero attached hydrogens (tertiary/aromatic N) is 2. The van der Waals surface area contributed by atoms with Gasteiger partial charge in [0.2, 0.25) is 0 Å². The summed E-state index contributed by atoms with van der Waals surface area (Å²) in [5, 5.41) is 9.79. The van der Waals surface area contributed by atoms with Gasteiger partial charge in [-0.05, 0) is 74.8 Å². The molecule has 1 amide bonds. The van der Waals surface area contributed by atoms with Crippen molar-refractivity contribution in [2.75, 3.05) is 31.2 Å². The van der Waals surface area contributed by atoms with Gasteiger partial charge in [0, 0.05) is 48.1 Å². The number of nitrogens with one attached hydrogen (secondary N) is 2. The zero-order valence-corrected chi connectivity index (χ0v) is 23.6. The van der Waals surface area contributed by atoms with E-state index in [2.05, 4.69) is 27.4 Å². The molecule has 0 saturated carbocycles. The molecule has 0 radical (unpaired) electrons. The van der Waals surface area contributed by atoms with E-state index in [-0.39, 0.29) is 10.8 Å². The number of thiazole rings is 1. The number of allylic oxidation sites excluding steroid dienone is 3. The van der Waals surface area contributed by atoms with Crippen LogP contribution in [0.1, 0.15) is 49.4 Å². The van der Waals surface area contributed by atoms with Crippen LogP contribution in [0.15, 0.2) is 69.9 Å². The van der Waals surface area contributed by atoms with Crippen LogP contribution in [-0.2, 0) is 9.84 Å². The fourth-order valence-electron chi connectivity index (χ4n) is 4.81. The number of benzene rings is 1. The van der Waals surface area contributed by atoms with Gasteiger partial charge in [0.05, 0.1) is 16.3 Å². The van der Waals surface area contributed by atoms with Gasteiger partial charge in [-0.3, -0.25) is 4.79 Å². The predicted octanol–water partition coefficient (Wildman–Crippen LogP) is 5.62. The molecule has 0 unspecified atom stereocenters. The fraction of sp³-hybridized carbons (Fsp3) is 0.407. The molecule has 2 N–H and O–H groups in total. The fourth-order valence-corrected chi connectivity index (χ4v) is 6.31. The van der Waals surface area contributed by atoms with Crippen molar-refractivity contribution in [3.63, 3.8) is 0 Å². The second kappa shape index (κ2) is 12.3. The summed E-state index contributed by atoms with van der Waals surface area (Å²) < 4.78 is 25.0. The number of aromatic nitrogens is 1. The lowest BCUT2D eigenvalue weighted by molar-refractivity contribution is 0.0963. The average molecular weight is 561 g/mol. The molecule has 4 rings (SSSR count). The van der Waals surface area contributed by atoms with Crippen LogP contribution in [0.25, 0.3) is 0 Å². The molecule has 0 atom stereocenters. The highest BCUT2D eigenvalue weighted by Crippen LogP contribution is 2.31. The van der Waals surface area contributed by atoms with Gasteiger partial charge in [0.15, 0.2) is 15.0 Å². The van der Waals surface area contributed by atoms with Crippen LogP contribution >= 0.6 is 22.9 Å². The number of likely N-dealkylation sites (tertiary alicyclic amines) is 1. The maximum atomic E-state index is 13.2. The Morgan fingerprint density at radius 2 is 2.05 bits per heavy atom. The summed E-state index contributed by atoms with van der Waals surface area (Å²) in [5.41, 5.74) is 2.99. The zero-order chi connectivity index (χ0) is 26.4. The van der Waals surface area contributed by atoms with Gasteiger partial charge >= 0.3 is 0 Å². The van der Waals surface area contributed by atoms with E-state index in [1.165, 1.54) is 6.26 Å². The minimum atomic E-state index is -3.45. The molecular formula is C27H33ClN4O3S2. The van der Waals surface area contributed by atoms with Crippen molar-refractivity contribution in [3.05, 3.63) is 80.5 Å². The lowest BCUT2D eigenvalue weighted by atomic mass is 9.92. The number of carbonyl (C=O) groups is 1. The summed E-state index contributed by atoms with van der Waals surface area (Å²) >= 11 is 7.71. The number of piperidine rings is 1. The molecule has 7 nitrogen and oxygen atoms in total. The first-order valence-corrected chi connectivity index (χ1v) is 15.6. The quantitative estimate of drug-likeness (QED) is 0.435. The monoisotopic (exact) mass is 560 g/mol. The van der Waals surface area contributed by atoms with E-state index in [1.807, 2.05) is 5.38 Å². The summed E-state index contributed by atoms with van der Waals surface area (Å²) in [7, 11) is -3.45. The van der Waals surface area contributed by atoms with Gasteiger partial charge in [-0.1, -0.05) is 23.7 Å². The molecule has 2 aliphatic rings. The maximum absolute atomic E-state index is 13.2. The topological polar surface area (TPSA) is 91.4 Å². The molecule has 37 heavy (non-hydrogen) atoms. The van der Waals surface area contributed by atoms with Gasteiger partial charge in [0.25, 0.3) is 5.91 Å². The highest BCUT2D eigenvalue weighted by Gasteiger charge is 2.27. The Balaban J connectivity index is 1.53. The largest absolute Gasteiger partial charge is 0.370 e. The number of hydrogen-bond acceptors (Lipinski definition) is 7. The number of halogens is 1. The van der Waals surface area contributed by atoms with Gasteiger partial charge in [-0.25, -0.2) is 13.4 Å². The minimum Gasteiger partial charge on any atom is -0.370 e. The van der Waals surface area contributed by atoms with Crippen LogP contribution in [0.3, 0.4) is 0 Å². The molecule has 1 aliphatic heterocycles.